The molecule has 18 heavy (non-hydrogen) atoms. The minimum absolute atomic E-state index is 0.192. The first-order chi connectivity index (χ1) is 8.69. The van der Waals surface area contributed by atoms with Gasteiger partial charge in [-0.1, -0.05) is 19.1 Å². The fourth-order valence-corrected chi connectivity index (χ4v) is 2.22. The molecule has 1 unspecified atom stereocenters. The third kappa shape index (κ3) is 3.45. The number of benzene rings is 2. The SMILES string of the molecule is CCC(Nc1ccc(I)cc1)c1ccc(F)cc1. The van der Waals surface area contributed by atoms with Gasteiger partial charge in [-0.05, 0) is 71.0 Å². The Hall–Kier alpha value is -1.10. The van der Waals surface area contributed by atoms with Crippen molar-refractivity contribution in [3.05, 3.63) is 63.5 Å². The van der Waals surface area contributed by atoms with Crippen molar-refractivity contribution in [3.8, 4) is 0 Å². The van der Waals surface area contributed by atoms with Crippen LogP contribution < -0.4 is 5.32 Å². The van der Waals surface area contributed by atoms with Crippen LogP contribution in [-0.4, -0.2) is 0 Å². The number of halogens is 2. The van der Waals surface area contributed by atoms with E-state index in [1.807, 2.05) is 12.1 Å². The van der Waals surface area contributed by atoms with Gasteiger partial charge in [0.05, 0.1) is 6.04 Å². The van der Waals surface area contributed by atoms with Crippen molar-refractivity contribution < 1.29 is 4.39 Å². The second kappa shape index (κ2) is 6.18. The summed E-state index contributed by atoms with van der Waals surface area (Å²) >= 11 is 2.29. The molecule has 0 radical (unpaired) electrons. The molecule has 0 saturated carbocycles. The van der Waals surface area contributed by atoms with E-state index in [1.165, 1.54) is 15.7 Å². The van der Waals surface area contributed by atoms with Crippen molar-refractivity contribution in [3.63, 3.8) is 0 Å². The second-order valence-electron chi connectivity index (χ2n) is 4.16. The molecule has 0 aromatic heterocycles. The van der Waals surface area contributed by atoms with Crippen molar-refractivity contribution in [2.75, 3.05) is 5.32 Å². The van der Waals surface area contributed by atoms with E-state index < -0.39 is 0 Å². The minimum Gasteiger partial charge on any atom is -0.378 e. The van der Waals surface area contributed by atoms with E-state index in [0.717, 1.165) is 17.7 Å². The van der Waals surface area contributed by atoms with Crippen molar-refractivity contribution >= 4 is 28.3 Å². The highest BCUT2D eigenvalue weighted by atomic mass is 127. The number of rotatable bonds is 4. The average Bonchev–Trinajstić information content (AvgIpc) is 2.39. The molecule has 2 aromatic rings. The highest BCUT2D eigenvalue weighted by molar-refractivity contribution is 14.1. The Bertz CT molecular complexity index is 493. The third-order valence-electron chi connectivity index (χ3n) is 2.87. The molecule has 3 heteroatoms. The van der Waals surface area contributed by atoms with Crippen molar-refractivity contribution in [1.82, 2.24) is 0 Å². The lowest BCUT2D eigenvalue weighted by Gasteiger charge is -2.18. The molecule has 1 atom stereocenters. The van der Waals surface area contributed by atoms with Crippen LogP contribution in [0.2, 0.25) is 0 Å². The molecular weight excluding hydrogens is 340 g/mol. The Labute approximate surface area is 121 Å². The Morgan fingerprint density at radius 2 is 1.67 bits per heavy atom. The Balaban J connectivity index is 2.14. The molecule has 2 rings (SSSR count). The first-order valence-corrected chi connectivity index (χ1v) is 7.04. The lowest BCUT2D eigenvalue weighted by Crippen LogP contribution is -2.09. The van der Waals surface area contributed by atoms with Crippen molar-refractivity contribution in [2.24, 2.45) is 0 Å². The summed E-state index contributed by atoms with van der Waals surface area (Å²) in [6.07, 6.45) is 0.956. The highest BCUT2D eigenvalue weighted by Crippen LogP contribution is 2.23. The molecule has 0 fully saturated rings. The second-order valence-corrected chi connectivity index (χ2v) is 5.41. The summed E-state index contributed by atoms with van der Waals surface area (Å²) < 4.78 is 14.1. The van der Waals surface area contributed by atoms with Crippen LogP contribution in [-0.2, 0) is 0 Å². The van der Waals surface area contributed by atoms with Crippen LogP contribution in [0.25, 0.3) is 0 Å². The maximum Gasteiger partial charge on any atom is 0.123 e. The monoisotopic (exact) mass is 355 g/mol. The summed E-state index contributed by atoms with van der Waals surface area (Å²) in [5.41, 5.74) is 2.20. The molecule has 0 heterocycles. The van der Waals surface area contributed by atoms with Crippen LogP contribution in [0.15, 0.2) is 48.5 Å². The molecule has 94 valence electrons. The first-order valence-electron chi connectivity index (χ1n) is 5.96. The molecule has 0 aliphatic carbocycles. The predicted octanol–water partition coefficient (Wildman–Crippen LogP) is 4.99. The lowest BCUT2D eigenvalue weighted by atomic mass is 10.0. The van der Waals surface area contributed by atoms with E-state index in [0.29, 0.717) is 0 Å². The Kier molecular flexibility index (Phi) is 4.58. The zero-order valence-corrected chi connectivity index (χ0v) is 12.3. The summed E-state index contributed by atoms with van der Waals surface area (Å²) in [6.45, 7) is 2.12. The van der Waals surface area contributed by atoms with Crippen LogP contribution >= 0.6 is 22.6 Å². The molecule has 1 N–H and O–H groups in total. The Morgan fingerprint density at radius 1 is 1.06 bits per heavy atom. The normalized spacial score (nSPS) is 12.2. The van der Waals surface area contributed by atoms with E-state index >= 15 is 0 Å². The molecule has 0 bridgehead atoms. The van der Waals surface area contributed by atoms with E-state index in [1.54, 1.807) is 0 Å². The fraction of sp³-hybridized carbons (Fsp3) is 0.200. The van der Waals surface area contributed by atoms with Gasteiger partial charge in [0, 0.05) is 9.26 Å². The van der Waals surface area contributed by atoms with E-state index in [9.17, 15) is 4.39 Å². The van der Waals surface area contributed by atoms with Gasteiger partial charge in [0.1, 0.15) is 5.82 Å². The van der Waals surface area contributed by atoms with Crippen LogP contribution in [0.4, 0.5) is 10.1 Å². The smallest absolute Gasteiger partial charge is 0.123 e. The Morgan fingerprint density at radius 3 is 2.22 bits per heavy atom. The summed E-state index contributed by atoms with van der Waals surface area (Å²) in [7, 11) is 0. The van der Waals surface area contributed by atoms with Gasteiger partial charge in [0.25, 0.3) is 0 Å². The molecule has 0 amide bonds. The average molecular weight is 355 g/mol. The van der Waals surface area contributed by atoms with Gasteiger partial charge >= 0.3 is 0 Å². The summed E-state index contributed by atoms with van der Waals surface area (Å²) in [4.78, 5) is 0. The number of nitrogens with one attached hydrogen (secondary N) is 1. The van der Waals surface area contributed by atoms with Gasteiger partial charge in [-0.2, -0.15) is 0 Å². The highest BCUT2D eigenvalue weighted by Gasteiger charge is 2.08. The zero-order chi connectivity index (χ0) is 13.0. The van der Waals surface area contributed by atoms with Crippen LogP contribution in [0.1, 0.15) is 24.9 Å². The van der Waals surface area contributed by atoms with Crippen molar-refractivity contribution in [2.45, 2.75) is 19.4 Å². The number of anilines is 1. The van der Waals surface area contributed by atoms with E-state index in [-0.39, 0.29) is 11.9 Å². The fourth-order valence-electron chi connectivity index (χ4n) is 1.86. The number of hydrogen-bond donors (Lipinski definition) is 1. The summed E-state index contributed by atoms with van der Waals surface area (Å²) in [5, 5.41) is 3.47. The van der Waals surface area contributed by atoms with E-state index in [2.05, 4.69) is 59.1 Å². The van der Waals surface area contributed by atoms with Crippen LogP contribution in [0.5, 0.6) is 0 Å². The quantitative estimate of drug-likeness (QED) is 0.762. The van der Waals surface area contributed by atoms with Crippen LogP contribution in [0, 0.1) is 9.39 Å². The molecule has 0 spiro atoms. The summed E-state index contributed by atoms with van der Waals surface area (Å²) in [6, 6.07) is 15.2. The maximum atomic E-state index is 12.9. The standard InChI is InChI=1S/C15H15FIN/c1-2-15(11-3-5-12(16)6-4-11)18-14-9-7-13(17)8-10-14/h3-10,15,18H,2H2,1H3. The molecule has 1 nitrogen and oxygen atoms in total. The van der Waals surface area contributed by atoms with Gasteiger partial charge in [0.15, 0.2) is 0 Å². The van der Waals surface area contributed by atoms with Gasteiger partial charge in [-0.3, -0.25) is 0 Å². The molecule has 0 saturated heterocycles. The maximum absolute atomic E-state index is 12.9. The number of hydrogen-bond acceptors (Lipinski definition) is 1. The third-order valence-corrected chi connectivity index (χ3v) is 3.58. The van der Waals surface area contributed by atoms with Gasteiger partial charge in [-0.25, -0.2) is 4.39 Å². The predicted molar refractivity (Wildman–Crippen MR) is 82.2 cm³/mol. The minimum atomic E-state index is -0.192. The summed E-state index contributed by atoms with van der Waals surface area (Å²) in [5.74, 6) is -0.192. The topological polar surface area (TPSA) is 12.0 Å². The molecule has 0 aliphatic rings. The van der Waals surface area contributed by atoms with Gasteiger partial charge < -0.3 is 5.32 Å². The van der Waals surface area contributed by atoms with E-state index in [4.69, 9.17) is 0 Å². The van der Waals surface area contributed by atoms with Gasteiger partial charge in [-0.15, -0.1) is 0 Å². The molecular formula is C15H15FIN. The van der Waals surface area contributed by atoms with Gasteiger partial charge in [0.2, 0.25) is 0 Å². The first kappa shape index (κ1) is 13.3. The molecule has 2 aromatic carbocycles. The van der Waals surface area contributed by atoms with Crippen LogP contribution in [0.3, 0.4) is 0 Å². The lowest BCUT2D eigenvalue weighted by molar-refractivity contribution is 0.625. The molecule has 0 aliphatic heterocycles. The zero-order valence-electron chi connectivity index (χ0n) is 10.2. The van der Waals surface area contributed by atoms with Crippen molar-refractivity contribution in [1.29, 1.82) is 0 Å². The largest absolute Gasteiger partial charge is 0.378 e.